The van der Waals surface area contributed by atoms with E-state index >= 15 is 0 Å². The van der Waals surface area contributed by atoms with Gasteiger partial charge in [0, 0.05) is 12.1 Å². The third kappa shape index (κ3) is 5.21. The molecular formula is C16H30BrN3. The van der Waals surface area contributed by atoms with E-state index in [2.05, 4.69) is 79.5 Å². The van der Waals surface area contributed by atoms with Crippen molar-refractivity contribution in [3.63, 3.8) is 0 Å². The summed E-state index contributed by atoms with van der Waals surface area (Å²) in [5.74, 6) is 0. The van der Waals surface area contributed by atoms with Crippen LogP contribution in [0.3, 0.4) is 0 Å². The molecule has 20 heavy (non-hydrogen) atoms. The monoisotopic (exact) mass is 343 g/mol. The van der Waals surface area contributed by atoms with Crippen LogP contribution in [0.1, 0.15) is 59.4 Å². The van der Waals surface area contributed by atoms with E-state index in [0.29, 0.717) is 0 Å². The van der Waals surface area contributed by atoms with E-state index in [-0.39, 0.29) is 11.0 Å². The van der Waals surface area contributed by atoms with Gasteiger partial charge in [0.1, 0.15) is 0 Å². The quantitative estimate of drug-likeness (QED) is 0.833. The predicted octanol–water partition coefficient (Wildman–Crippen LogP) is 4.32. The van der Waals surface area contributed by atoms with Crippen molar-refractivity contribution in [1.29, 1.82) is 0 Å². The third-order valence-corrected chi connectivity index (χ3v) is 4.59. The van der Waals surface area contributed by atoms with E-state index in [1.54, 1.807) is 0 Å². The number of hydrogen-bond acceptors (Lipinski definition) is 2. The average Bonchev–Trinajstić information content (AvgIpc) is 2.54. The van der Waals surface area contributed by atoms with E-state index < -0.39 is 0 Å². The Morgan fingerprint density at radius 3 is 2.30 bits per heavy atom. The highest BCUT2D eigenvalue weighted by atomic mass is 79.9. The molecule has 0 unspecified atom stereocenters. The predicted molar refractivity (Wildman–Crippen MR) is 90.2 cm³/mol. The van der Waals surface area contributed by atoms with E-state index in [0.717, 1.165) is 31.6 Å². The zero-order valence-corrected chi connectivity index (χ0v) is 15.7. The Balaban J connectivity index is 2.71. The maximum atomic E-state index is 4.59. The molecule has 0 saturated heterocycles. The van der Waals surface area contributed by atoms with Gasteiger partial charge in [-0.3, -0.25) is 4.68 Å². The second-order valence-corrected chi connectivity index (χ2v) is 8.22. The molecule has 1 aromatic heterocycles. The zero-order chi connectivity index (χ0) is 15.6. The molecule has 0 amide bonds. The number of halogens is 1. The lowest BCUT2D eigenvalue weighted by molar-refractivity contribution is 0.295. The third-order valence-electron chi connectivity index (χ3n) is 3.56. The van der Waals surface area contributed by atoms with Crippen LogP contribution in [0, 0.1) is 12.3 Å². The van der Waals surface area contributed by atoms with Gasteiger partial charge >= 0.3 is 0 Å². The lowest BCUT2D eigenvalue weighted by atomic mass is 9.84. The lowest BCUT2D eigenvalue weighted by Crippen LogP contribution is -2.38. The summed E-state index contributed by atoms with van der Waals surface area (Å²) in [7, 11) is 0. The van der Waals surface area contributed by atoms with Gasteiger partial charge in [-0.25, -0.2) is 0 Å². The van der Waals surface area contributed by atoms with Gasteiger partial charge in [0.15, 0.2) is 0 Å². The summed E-state index contributed by atoms with van der Waals surface area (Å²) in [5, 5.41) is 8.16. The van der Waals surface area contributed by atoms with Gasteiger partial charge in [-0.2, -0.15) is 5.10 Å². The molecule has 0 aliphatic heterocycles. The number of aryl methyl sites for hydroxylation is 2. The maximum absolute atomic E-state index is 4.59. The van der Waals surface area contributed by atoms with E-state index in [1.165, 1.54) is 10.2 Å². The van der Waals surface area contributed by atoms with Crippen molar-refractivity contribution in [2.45, 2.75) is 73.4 Å². The van der Waals surface area contributed by atoms with Crippen molar-refractivity contribution in [2.24, 2.45) is 5.41 Å². The molecule has 0 fully saturated rings. The van der Waals surface area contributed by atoms with Crippen LogP contribution in [0.15, 0.2) is 4.47 Å². The highest BCUT2D eigenvalue weighted by Gasteiger charge is 2.24. The minimum Gasteiger partial charge on any atom is -0.312 e. The minimum atomic E-state index is 0.193. The van der Waals surface area contributed by atoms with Gasteiger partial charge in [0.25, 0.3) is 0 Å². The summed E-state index contributed by atoms with van der Waals surface area (Å²) >= 11 is 3.70. The van der Waals surface area contributed by atoms with Crippen LogP contribution in [0.2, 0.25) is 0 Å². The molecule has 0 saturated carbocycles. The first-order valence-electron chi connectivity index (χ1n) is 7.52. The SMILES string of the molecule is CCn1nc(C)c(Br)c1CC(C)(C)CCNC(C)(C)C. The van der Waals surface area contributed by atoms with Crippen molar-refractivity contribution in [2.75, 3.05) is 6.54 Å². The summed E-state index contributed by atoms with van der Waals surface area (Å²) in [6.07, 6.45) is 2.21. The number of aromatic nitrogens is 2. The second kappa shape index (κ2) is 6.61. The molecular weight excluding hydrogens is 314 g/mol. The van der Waals surface area contributed by atoms with Gasteiger partial charge < -0.3 is 5.32 Å². The minimum absolute atomic E-state index is 0.193. The fourth-order valence-corrected chi connectivity index (χ4v) is 2.78. The Morgan fingerprint density at radius 1 is 1.20 bits per heavy atom. The highest BCUT2D eigenvalue weighted by Crippen LogP contribution is 2.31. The molecule has 4 heteroatoms. The summed E-state index contributed by atoms with van der Waals surface area (Å²) in [6, 6.07) is 0. The molecule has 0 aliphatic carbocycles. The Morgan fingerprint density at radius 2 is 1.80 bits per heavy atom. The Labute approximate surface area is 132 Å². The van der Waals surface area contributed by atoms with Crippen LogP contribution < -0.4 is 5.32 Å². The van der Waals surface area contributed by atoms with Crippen LogP contribution in [-0.4, -0.2) is 21.9 Å². The molecule has 0 aliphatic rings. The average molecular weight is 344 g/mol. The number of hydrogen-bond donors (Lipinski definition) is 1. The highest BCUT2D eigenvalue weighted by molar-refractivity contribution is 9.10. The molecule has 1 aromatic rings. The second-order valence-electron chi connectivity index (χ2n) is 7.43. The van der Waals surface area contributed by atoms with E-state index in [1.807, 2.05) is 0 Å². The van der Waals surface area contributed by atoms with Crippen LogP contribution in [0.25, 0.3) is 0 Å². The standard InChI is InChI=1S/C16H30BrN3/c1-8-20-13(14(17)12(2)19-20)11-16(6,7)9-10-18-15(3,4)5/h18H,8-11H2,1-7H3. The number of nitrogens with one attached hydrogen (secondary N) is 1. The first-order chi connectivity index (χ1) is 9.06. The molecule has 116 valence electrons. The number of rotatable bonds is 6. The summed E-state index contributed by atoms with van der Waals surface area (Å²) in [4.78, 5) is 0. The van der Waals surface area contributed by atoms with Crippen LogP contribution in [-0.2, 0) is 13.0 Å². The molecule has 3 nitrogen and oxygen atoms in total. The fraction of sp³-hybridized carbons (Fsp3) is 0.812. The van der Waals surface area contributed by atoms with Crippen LogP contribution in [0.4, 0.5) is 0 Å². The van der Waals surface area contributed by atoms with Gasteiger partial charge in [0.05, 0.1) is 15.9 Å². The summed E-state index contributed by atoms with van der Waals surface area (Å²) < 4.78 is 3.30. The normalized spacial score (nSPS) is 13.0. The molecule has 0 bridgehead atoms. The van der Waals surface area contributed by atoms with Crippen LogP contribution in [0.5, 0.6) is 0 Å². The van der Waals surface area contributed by atoms with Gasteiger partial charge in [-0.1, -0.05) is 13.8 Å². The van der Waals surface area contributed by atoms with Crippen molar-refractivity contribution in [3.8, 4) is 0 Å². The van der Waals surface area contributed by atoms with Gasteiger partial charge in [-0.05, 0) is 75.4 Å². The Bertz CT molecular complexity index is 441. The van der Waals surface area contributed by atoms with E-state index in [4.69, 9.17) is 0 Å². The number of nitrogens with zero attached hydrogens (tertiary/aromatic N) is 2. The molecule has 1 heterocycles. The van der Waals surface area contributed by atoms with Gasteiger partial charge in [-0.15, -0.1) is 0 Å². The molecule has 0 radical (unpaired) electrons. The zero-order valence-electron chi connectivity index (χ0n) is 14.1. The first kappa shape index (κ1) is 17.7. The smallest absolute Gasteiger partial charge is 0.0738 e. The van der Waals surface area contributed by atoms with Crippen molar-refractivity contribution < 1.29 is 0 Å². The van der Waals surface area contributed by atoms with E-state index in [9.17, 15) is 0 Å². The summed E-state index contributed by atoms with van der Waals surface area (Å²) in [5.41, 5.74) is 2.87. The molecule has 0 spiro atoms. The largest absolute Gasteiger partial charge is 0.312 e. The van der Waals surface area contributed by atoms with Crippen molar-refractivity contribution in [1.82, 2.24) is 15.1 Å². The van der Waals surface area contributed by atoms with Gasteiger partial charge in [0.2, 0.25) is 0 Å². The van der Waals surface area contributed by atoms with Crippen molar-refractivity contribution in [3.05, 3.63) is 15.9 Å². The Hall–Kier alpha value is -0.350. The van der Waals surface area contributed by atoms with Crippen molar-refractivity contribution >= 4 is 15.9 Å². The lowest BCUT2D eigenvalue weighted by Gasteiger charge is -2.28. The van der Waals surface area contributed by atoms with Crippen LogP contribution >= 0.6 is 15.9 Å². The maximum Gasteiger partial charge on any atom is 0.0738 e. The fourth-order valence-electron chi connectivity index (χ4n) is 2.36. The first-order valence-corrected chi connectivity index (χ1v) is 8.32. The summed E-state index contributed by atoms with van der Waals surface area (Å²) in [6.45, 7) is 17.5. The molecule has 0 atom stereocenters. The topological polar surface area (TPSA) is 29.9 Å². The molecule has 1 N–H and O–H groups in total. The molecule has 0 aromatic carbocycles. The Kier molecular flexibility index (Phi) is 5.85. The molecule has 1 rings (SSSR count).